The van der Waals surface area contributed by atoms with Gasteiger partial charge in [0.25, 0.3) is 5.82 Å². The first kappa shape index (κ1) is 16.2. The molecule has 106 valence electrons. The largest absolute Gasteiger partial charge is 1.00 e. The smallest absolute Gasteiger partial charge is 0.272 e. The minimum atomic E-state index is 0. The van der Waals surface area contributed by atoms with Crippen LogP contribution in [-0.4, -0.2) is 12.9 Å². The molecule has 0 saturated carbocycles. The molecule has 0 unspecified atom stereocenters. The molecule has 20 heavy (non-hydrogen) atoms. The molecule has 0 fully saturated rings. The van der Waals surface area contributed by atoms with Crippen molar-refractivity contribution in [1.82, 2.24) is 0 Å². The molecule has 1 aromatic heterocycles. The van der Waals surface area contributed by atoms with Crippen LogP contribution in [0.4, 0.5) is 5.82 Å². The predicted molar refractivity (Wildman–Crippen MR) is 73.0 cm³/mol. The zero-order valence-electron chi connectivity index (χ0n) is 11.3. The van der Waals surface area contributed by atoms with E-state index in [4.69, 9.17) is 10.5 Å². The molecule has 5 heteroatoms. The van der Waals surface area contributed by atoms with Crippen LogP contribution in [0, 0.1) is 0 Å². The van der Waals surface area contributed by atoms with Gasteiger partial charge in [0.1, 0.15) is 5.75 Å². The lowest BCUT2D eigenvalue weighted by molar-refractivity contribution is -0.681. The van der Waals surface area contributed by atoms with Crippen LogP contribution in [0.2, 0.25) is 0 Å². The van der Waals surface area contributed by atoms with Gasteiger partial charge < -0.3 is 21.7 Å². The minimum Gasteiger partial charge on any atom is -1.00 e. The summed E-state index contributed by atoms with van der Waals surface area (Å²) in [5.74, 6) is 1.50. The summed E-state index contributed by atoms with van der Waals surface area (Å²) >= 11 is 0. The molecule has 0 aliphatic heterocycles. The van der Waals surface area contributed by atoms with Gasteiger partial charge in [0.2, 0.25) is 0 Å². The van der Waals surface area contributed by atoms with Gasteiger partial charge in [0.05, 0.1) is 19.9 Å². The first-order valence-corrected chi connectivity index (χ1v) is 6.12. The van der Waals surface area contributed by atoms with Crippen molar-refractivity contribution in [3.05, 3.63) is 54.2 Å². The summed E-state index contributed by atoms with van der Waals surface area (Å²) in [5.41, 5.74) is 6.51. The molecule has 0 saturated heterocycles. The molecule has 0 spiro atoms. The second kappa shape index (κ2) is 7.65. The molecule has 0 bridgehead atoms. The number of pyridine rings is 1. The number of halogens is 1. The Kier molecular flexibility index (Phi) is 6.18. The number of rotatable bonds is 5. The highest BCUT2D eigenvalue weighted by molar-refractivity contribution is 5.96. The number of ether oxygens (including phenoxy) is 1. The van der Waals surface area contributed by atoms with Crippen molar-refractivity contribution in [2.45, 2.75) is 13.0 Å². The number of nitrogens with two attached hydrogens (primary N) is 1. The van der Waals surface area contributed by atoms with Gasteiger partial charge in [-0.25, -0.2) is 4.57 Å². The Morgan fingerprint density at radius 1 is 1.20 bits per heavy atom. The van der Waals surface area contributed by atoms with Crippen LogP contribution in [0.25, 0.3) is 0 Å². The molecule has 0 aliphatic carbocycles. The number of ketones is 1. The van der Waals surface area contributed by atoms with Gasteiger partial charge >= 0.3 is 0 Å². The van der Waals surface area contributed by atoms with Crippen molar-refractivity contribution >= 4 is 11.6 Å². The Morgan fingerprint density at radius 2 is 1.90 bits per heavy atom. The third-order valence-electron chi connectivity index (χ3n) is 2.97. The number of benzene rings is 1. The number of hydrogen-bond acceptors (Lipinski definition) is 3. The number of nitrogen functional groups attached to an aromatic ring is 1. The van der Waals surface area contributed by atoms with Gasteiger partial charge in [0, 0.05) is 18.1 Å². The summed E-state index contributed by atoms with van der Waals surface area (Å²) in [4.78, 5) is 12.0. The summed E-state index contributed by atoms with van der Waals surface area (Å²) in [6, 6.07) is 12.7. The number of methoxy groups -OCH3 is 1. The topological polar surface area (TPSA) is 56.2 Å². The zero-order valence-corrected chi connectivity index (χ0v) is 12.8. The molecule has 2 rings (SSSR count). The van der Waals surface area contributed by atoms with E-state index in [1.165, 1.54) is 0 Å². The van der Waals surface area contributed by atoms with Gasteiger partial charge in [-0.1, -0.05) is 6.07 Å². The van der Waals surface area contributed by atoms with Gasteiger partial charge in [-0.3, -0.25) is 10.5 Å². The van der Waals surface area contributed by atoms with Crippen molar-refractivity contribution < 1.29 is 31.1 Å². The Morgan fingerprint density at radius 3 is 2.50 bits per heavy atom. The average Bonchev–Trinajstić information content (AvgIpc) is 2.46. The number of carbonyl (C=O) groups is 1. The molecule has 0 amide bonds. The first-order valence-electron chi connectivity index (χ1n) is 6.12. The van der Waals surface area contributed by atoms with Crippen molar-refractivity contribution in [2.24, 2.45) is 0 Å². The van der Waals surface area contributed by atoms with Crippen LogP contribution in [0.15, 0.2) is 48.7 Å². The number of aryl methyl sites for hydroxylation is 1. The maximum atomic E-state index is 12.0. The number of Topliss-reactive ketones (excluding diaryl/α,β-unsaturated/α-hetero) is 1. The molecule has 0 atom stereocenters. The van der Waals surface area contributed by atoms with Gasteiger partial charge in [-0.2, -0.15) is 0 Å². The van der Waals surface area contributed by atoms with Crippen molar-refractivity contribution in [2.75, 3.05) is 12.8 Å². The van der Waals surface area contributed by atoms with E-state index in [0.29, 0.717) is 24.3 Å². The maximum absolute atomic E-state index is 12.0. The van der Waals surface area contributed by atoms with Crippen LogP contribution in [-0.2, 0) is 6.54 Å². The first-order chi connectivity index (χ1) is 9.20. The summed E-state index contributed by atoms with van der Waals surface area (Å²) in [6.07, 6.45) is 2.29. The van der Waals surface area contributed by atoms with Crippen molar-refractivity contribution in [3.8, 4) is 5.75 Å². The normalized spacial score (nSPS) is 9.65. The minimum absolute atomic E-state index is 0. The highest BCUT2D eigenvalue weighted by Crippen LogP contribution is 2.12. The van der Waals surface area contributed by atoms with E-state index in [9.17, 15) is 4.79 Å². The van der Waals surface area contributed by atoms with E-state index >= 15 is 0 Å². The molecular weight excluding hydrogens is 320 g/mol. The Hall–Kier alpha value is -1.88. The summed E-state index contributed by atoms with van der Waals surface area (Å²) in [7, 11) is 1.60. The second-order valence-electron chi connectivity index (χ2n) is 4.22. The lowest BCUT2D eigenvalue weighted by Crippen LogP contribution is -3.00. The van der Waals surface area contributed by atoms with E-state index in [0.717, 1.165) is 5.75 Å². The summed E-state index contributed by atoms with van der Waals surface area (Å²) in [5, 5.41) is 0. The van der Waals surface area contributed by atoms with E-state index in [1.807, 2.05) is 29.0 Å². The standard InChI is InChI=1S/C15H16N2O2.BrH/c1-19-13-7-5-12(6-8-13)14(18)9-11-17-10-3-2-4-15(17)16;/h2-8,10,16H,9,11H2,1H3;1H. The Labute approximate surface area is 129 Å². The van der Waals surface area contributed by atoms with Crippen LogP contribution in [0.5, 0.6) is 5.75 Å². The fraction of sp³-hybridized carbons (Fsp3) is 0.200. The highest BCUT2D eigenvalue weighted by atomic mass is 79.9. The number of anilines is 1. The Bertz CT molecular complexity index is 570. The lowest BCUT2D eigenvalue weighted by atomic mass is 10.1. The SMILES string of the molecule is COc1ccc(C(=O)CC[n+]2ccccc2N)cc1.[Br-]. The molecule has 0 aliphatic rings. The second-order valence-corrected chi connectivity index (χ2v) is 4.22. The number of carbonyl (C=O) groups excluding carboxylic acids is 1. The fourth-order valence-corrected chi connectivity index (χ4v) is 1.84. The molecule has 2 N–H and O–H groups in total. The van der Waals surface area contributed by atoms with Gasteiger partial charge in [0.15, 0.2) is 5.78 Å². The monoisotopic (exact) mass is 336 g/mol. The van der Waals surface area contributed by atoms with E-state index < -0.39 is 0 Å². The summed E-state index contributed by atoms with van der Waals surface area (Å²) < 4.78 is 6.92. The van der Waals surface area contributed by atoms with Gasteiger partial charge in [-0.05, 0) is 30.3 Å². The number of aromatic nitrogens is 1. The van der Waals surface area contributed by atoms with Crippen molar-refractivity contribution in [1.29, 1.82) is 0 Å². The molecular formula is C15H17BrN2O2. The van der Waals surface area contributed by atoms with E-state index in [1.54, 1.807) is 31.4 Å². The van der Waals surface area contributed by atoms with Crippen LogP contribution in [0.1, 0.15) is 16.8 Å². The molecule has 1 heterocycles. The number of hydrogen-bond donors (Lipinski definition) is 1. The molecule has 4 nitrogen and oxygen atoms in total. The molecule has 2 aromatic rings. The van der Waals surface area contributed by atoms with E-state index in [-0.39, 0.29) is 22.8 Å². The maximum Gasteiger partial charge on any atom is 0.272 e. The summed E-state index contributed by atoms with van der Waals surface area (Å²) in [6.45, 7) is 0.581. The quantitative estimate of drug-likeness (QED) is 0.553. The third kappa shape index (κ3) is 4.06. The average molecular weight is 337 g/mol. The fourth-order valence-electron chi connectivity index (χ4n) is 1.84. The van der Waals surface area contributed by atoms with Crippen LogP contribution < -0.4 is 32.0 Å². The van der Waals surface area contributed by atoms with Crippen LogP contribution in [0.3, 0.4) is 0 Å². The third-order valence-corrected chi connectivity index (χ3v) is 2.97. The molecule has 1 aromatic carbocycles. The van der Waals surface area contributed by atoms with Crippen molar-refractivity contribution in [3.63, 3.8) is 0 Å². The van der Waals surface area contributed by atoms with Crippen LogP contribution >= 0.6 is 0 Å². The lowest BCUT2D eigenvalue weighted by Gasteiger charge is -2.04. The Balaban J connectivity index is 0.00000200. The number of nitrogens with zero attached hydrogens (tertiary/aromatic N) is 1. The predicted octanol–water partition coefficient (Wildman–Crippen LogP) is -1.16. The highest BCUT2D eigenvalue weighted by Gasteiger charge is 2.09. The molecule has 0 radical (unpaired) electrons. The van der Waals surface area contributed by atoms with E-state index in [2.05, 4.69) is 0 Å². The zero-order chi connectivity index (χ0) is 13.7. The van der Waals surface area contributed by atoms with Gasteiger partial charge in [-0.15, -0.1) is 0 Å².